The predicted octanol–water partition coefficient (Wildman–Crippen LogP) is 0.495. The first-order chi connectivity index (χ1) is 7.41. The third-order valence-electron chi connectivity index (χ3n) is 3.02. The summed E-state index contributed by atoms with van der Waals surface area (Å²) in [6.45, 7) is 7.27. The molecule has 100 valence electrons. The summed E-state index contributed by atoms with van der Waals surface area (Å²) in [6.07, 6.45) is 14.2. The van der Waals surface area contributed by atoms with Crippen molar-refractivity contribution in [1.29, 1.82) is 0 Å². The number of rotatable bonds is 12. The van der Waals surface area contributed by atoms with Crippen LogP contribution in [0.5, 0.6) is 0 Å². The molecule has 0 heterocycles. The molecule has 0 saturated carbocycles. The van der Waals surface area contributed by atoms with Crippen molar-refractivity contribution >= 4 is 0 Å². The molecule has 0 rings (SSSR count). The fourth-order valence-corrected chi connectivity index (χ4v) is 1.93. The van der Waals surface area contributed by atoms with Crippen molar-refractivity contribution in [1.82, 2.24) is 0 Å². The molecule has 0 radical (unpaired) electrons. The average molecular weight is 250 g/mol. The molecule has 2 heteroatoms. The zero-order chi connectivity index (χ0) is 11.2. The van der Waals surface area contributed by atoms with E-state index in [9.17, 15) is 0 Å². The minimum Gasteiger partial charge on any atom is -1.00 e. The van der Waals surface area contributed by atoms with E-state index < -0.39 is 0 Å². The third kappa shape index (κ3) is 16.7. The Bertz CT molecular complexity index is 94.9. The summed E-state index contributed by atoms with van der Waals surface area (Å²) in [4.78, 5) is 0. The summed E-state index contributed by atoms with van der Waals surface area (Å²) in [6, 6.07) is 0. The van der Waals surface area contributed by atoms with Gasteiger partial charge in [-0.1, -0.05) is 52.4 Å². The van der Waals surface area contributed by atoms with Crippen LogP contribution in [0, 0.1) is 0 Å². The number of unbranched alkanes of at least 4 members (excludes halogenated alkanes) is 8. The lowest BCUT2D eigenvalue weighted by Gasteiger charge is -2.01. The van der Waals surface area contributed by atoms with Gasteiger partial charge in [0.15, 0.2) is 0 Å². The summed E-state index contributed by atoms with van der Waals surface area (Å²) in [5, 5.41) is 2.50. The van der Waals surface area contributed by atoms with Gasteiger partial charge in [0.25, 0.3) is 0 Å². The zero-order valence-corrected chi connectivity index (χ0v) is 12.2. The van der Waals surface area contributed by atoms with Gasteiger partial charge in [0.2, 0.25) is 0 Å². The first-order valence-electron chi connectivity index (χ1n) is 7.23. The Morgan fingerprint density at radius 2 is 0.938 bits per heavy atom. The van der Waals surface area contributed by atoms with Crippen molar-refractivity contribution in [3.8, 4) is 0 Å². The average Bonchev–Trinajstić information content (AvgIpc) is 2.26. The molecule has 0 aliphatic rings. The smallest absolute Gasteiger partial charge is 0.0755 e. The third-order valence-corrected chi connectivity index (χ3v) is 3.02. The Morgan fingerprint density at radius 3 is 1.50 bits per heavy atom. The highest BCUT2D eigenvalue weighted by Gasteiger charge is 1.93. The van der Waals surface area contributed by atoms with Crippen LogP contribution >= 0.6 is 0 Å². The molecule has 0 aromatic carbocycles. The molecule has 0 unspecified atom stereocenters. The summed E-state index contributed by atoms with van der Waals surface area (Å²) in [7, 11) is 0. The van der Waals surface area contributed by atoms with Gasteiger partial charge < -0.3 is 17.7 Å². The van der Waals surface area contributed by atoms with Crippen LogP contribution in [0.2, 0.25) is 0 Å². The molecule has 0 saturated heterocycles. The van der Waals surface area contributed by atoms with E-state index in [0.29, 0.717) is 0 Å². The van der Waals surface area contributed by atoms with Gasteiger partial charge in [-0.3, -0.25) is 0 Å². The fourth-order valence-electron chi connectivity index (χ4n) is 1.93. The maximum Gasteiger partial charge on any atom is 0.0755 e. The molecule has 0 atom stereocenters. The summed E-state index contributed by atoms with van der Waals surface area (Å²) >= 11 is 0. The van der Waals surface area contributed by atoms with E-state index in [4.69, 9.17) is 0 Å². The second-order valence-electron chi connectivity index (χ2n) is 4.69. The van der Waals surface area contributed by atoms with Crippen molar-refractivity contribution < 1.29 is 17.7 Å². The molecule has 0 spiro atoms. The minimum atomic E-state index is 0. The van der Waals surface area contributed by atoms with Crippen molar-refractivity contribution in [3.05, 3.63) is 0 Å². The molecule has 16 heavy (non-hydrogen) atoms. The van der Waals surface area contributed by atoms with E-state index in [-0.39, 0.29) is 12.4 Å². The van der Waals surface area contributed by atoms with E-state index >= 15 is 0 Å². The molecule has 0 fully saturated rings. The Morgan fingerprint density at radius 1 is 0.562 bits per heavy atom. The number of nitrogens with two attached hydrogens (primary N) is 1. The first kappa shape index (κ1) is 18.6. The van der Waals surface area contributed by atoms with Crippen LogP contribution in [0.25, 0.3) is 0 Å². The summed E-state index contributed by atoms with van der Waals surface area (Å²) in [5.74, 6) is 0. The van der Waals surface area contributed by atoms with Gasteiger partial charge in [-0.15, -0.1) is 0 Å². The van der Waals surface area contributed by atoms with Gasteiger partial charge in [-0.25, -0.2) is 0 Å². The van der Waals surface area contributed by atoms with E-state index in [1.54, 1.807) is 0 Å². The molecule has 0 aromatic rings. The summed E-state index contributed by atoms with van der Waals surface area (Å²) < 4.78 is 0. The molecular formula is C14H32ClN. The van der Waals surface area contributed by atoms with Crippen LogP contribution in [0.3, 0.4) is 0 Å². The standard InChI is InChI=1S/C14H31N.ClH/c1-3-5-7-8-9-10-12-14-15-13-11-6-4-2;/h15H,3-14H2,1-2H3;1H. The number of hydrogen-bond donors (Lipinski definition) is 1. The van der Waals surface area contributed by atoms with Crippen molar-refractivity contribution in [2.75, 3.05) is 13.1 Å². The Hall–Kier alpha value is 0.250. The van der Waals surface area contributed by atoms with Crippen molar-refractivity contribution in [3.63, 3.8) is 0 Å². The molecule has 0 aliphatic heterocycles. The highest BCUT2D eigenvalue weighted by atomic mass is 35.5. The quantitative estimate of drug-likeness (QED) is 0.485. The van der Waals surface area contributed by atoms with Crippen molar-refractivity contribution in [2.24, 2.45) is 0 Å². The zero-order valence-electron chi connectivity index (χ0n) is 11.4. The second-order valence-corrected chi connectivity index (χ2v) is 4.69. The molecule has 0 amide bonds. The topological polar surface area (TPSA) is 16.6 Å². The highest BCUT2D eigenvalue weighted by Crippen LogP contribution is 2.05. The molecular weight excluding hydrogens is 218 g/mol. The molecule has 0 aromatic heterocycles. The Labute approximate surface area is 109 Å². The lowest BCUT2D eigenvalue weighted by molar-refractivity contribution is -0.655. The van der Waals surface area contributed by atoms with Gasteiger partial charge in [0.1, 0.15) is 0 Å². The van der Waals surface area contributed by atoms with Gasteiger partial charge in [-0.05, 0) is 25.7 Å². The SMILES string of the molecule is CCCCCCCCC[NH2+]CCCCC.[Cl-]. The number of quaternary nitrogens is 1. The monoisotopic (exact) mass is 249 g/mol. The second kappa shape index (κ2) is 17.6. The van der Waals surface area contributed by atoms with Crippen molar-refractivity contribution in [2.45, 2.75) is 78.1 Å². The van der Waals surface area contributed by atoms with E-state index in [1.165, 1.54) is 77.3 Å². The summed E-state index contributed by atoms with van der Waals surface area (Å²) in [5.41, 5.74) is 0. The molecule has 2 N–H and O–H groups in total. The highest BCUT2D eigenvalue weighted by molar-refractivity contribution is 4.43. The molecule has 0 aliphatic carbocycles. The van der Waals surface area contributed by atoms with Crippen LogP contribution in [-0.2, 0) is 0 Å². The predicted molar refractivity (Wildman–Crippen MR) is 69.2 cm³/mol. The molecule has 0 bridgehead atoms. The number of hydrogen-bond acceptors (Lipinski definition) is 0. The van der Waals surface area contributed by atoms with Crippen LogP contribution in [-0.4, -0.2) is 13.1 Å². The van der Waals surface area contributed by atoms with Crippen LogP contribution in [0.15, 0.2) is 0 Å². The Kier molecular flexibility index (Phi) is 20.5. The normalized spacial score (nSPS) is 10.1. The molecule has 1 nitrogen and oxygen atoms in total. The van der Waals surface area contributed by atoms with Crippen LogP contribution < -0.4 is 17.7 Å². The van der Waals surface area contributed by atoms with E-state index in [2.05, 4.69) is 19.2 Å². The first-order valence-corrected chi connectivity index (χ1v) is 7.23. The number of halogens is 1. The van der Waals surface area contributed by atoms with Crippen LogP contribution in [0.1, 0.15) is 78.1 Å². The minimum absolute atomic E-state index is 0. The Balaban J connectivity index is 0. The lowest BCUT2D eigenvalue weighted by Crippen LogP contribution is -3.00. The van der Waals surface area contributed by atoms with Gasteiger partial charge >= 0.3 is 0 Å². The van der Waals surface area contributed by atoms with E-state index in [1.807, 2.05) is 0 Å². The van der Waals surface area contributed by atoms with Gasteiger partial charge in [0.05, 0.1) is 13.1 Å². The largest absolute Gasteiger partial charge is 1.00 e. The lowest BCUT2D eigenvalue weighted by atomic mass is 10.1. The fraction of sp³-hybridized carbons (Fsp3) is 1.00. The van der Waals surface area contributed by atoms with Crippen LogP contribution in [0.4, 0.5) is 0 Å². The maximum atomic E-state index is 2.50. The van der Waals surface area contributed by atoms with Gasteiger partial charge in [0, 0.05) is 0 Å². The van der Waals surface area contributed by atoms with Gasteiger partial charge in [-0.2, -0.15) is 0 Å². The van der Waals surface area contributed by atoms with E-state index in [0.717, 1.165) is 0 Å². The maximum absolute atomic E-state index is 2.50.